The topological polar surface area (TPSA) is 40.1 Å². The van der Waals surface area contributed by atoms with Gasteiger partial charge in [-0.25, -0.2) is 4.99 Å². The number of guanidine groups is 1. The van der Waals surface area contributed by atoms with Crippen molar-refractivity contribution in [3.63, 3.8) is 0 Å². The van der Waals surface area contributed by atoms with Crippen molar-refractivity contribution in [2.45, 2.75) is 26.3 Å². The second-order valence-corrected chi connectivity index (χ2v) is 7.69. The van der Waals surface area contributed by atoms with E-state index in [2.05, 4.69) is 58.5 Å². The summed E-state index contributed by atoms with van der Waals surface area (Å²) in [4.78, 5) is 9.75. The molecule has 0 bridgehead atoms. The normalized spacial score (nSPS) is 25.7. The van der Waals surface area contributed by atoms with Gasteiger partial charge < -0.3 is 19.9 Å². The van der Waals surface area contributed by atoms with Gasteiger partial charge in [-0.2, -0.15) is 0 Å². The van der Waals surface area contributed by atoms with E-state index in [1.165, 1.54) is 24.1 Å². The van der Waals surface area contributed by atoms with Crippen LogP contribution in [0.3, 0.4) is 0 Å². The number of benzene rings is 1. The Balaban J connectivity index is 1.44. The SMILES string of the molecule is CCNC(=NCc1cccc(N2CC=CC2)c1)N1CCC2(CCOC2)C1. The van der Waals surface area contributed by atoms with Crippen LogP contribution in [0.25, 0.3) is 0 Å². The number of nitrogens with one attached hydrogen (secondary N) is 1. The third kappa shape index (κ3) is 3.73. The Labute approximate surface area is 156 Å². The molecule has 5 nitrogen and oxygen atoms in total. The molecule has 1 atom stereocenters. The molecule has 1 aromatic carbocycles. The fraction of sp³-hybridized carbons (Fsp3) is 0.571. The van der Waals surface area contributed by atoms with Gasteiger partial charge in [-0.15, -0.1) is 0 Å². The minimum Gasteiger partial charge on any atom is -0.381 e. The molecule has 140 valence electrons. The molecule has 0 amide bonds. The van der Waals surface area contributed by atoms with E-state index < -0.39 is 0 Å². The Morgan fingerprint density at radius 2 is 2.15 bits per heavy atom. The van der Waals surface area contributed by atoms with Gasteiger partial charge in [-0.1, -0.05) is 24.3 Å². The standard InChI is InChI=1S/C21H30N4O/c1-2-22-20(25-12-8-21(16-25)9-13-26-17-21)23-15-18-6-5-7-19(14-18)24-10-3-4-11-24/h3-7,14H,2,8-13,15-17H2,1H3,(H,22,23). The number of hydrogen-bond donors (Lipinski definition) is 1. The van der Waals surface area contributed by atoms with E-state index in [9.17, 15) is 0 Å². The summed E-state index contributed by atoms with van der Waals surface area (Å²) in [7, 11) is 0. The maximum atomic E-state index is 5.66. The van der Waals surface area contributed by atoms with Gasteiger partial charge in [0.15, 0.2) is 5.96 Å². The van der Waals surface area contributed by atoms with Crippen LogP contribution in [0.1, 0.15) is 25.3 Å². The molecule has 0 saturated carbocycles. The van der Waals surface area contributed by atoms with Crippen LogP contribution in [-0.2, 0) is 11.3 Å². The maximum Gasteiger partial charge on any atom is 0.194 e. The maximum absolute atomic E-state index is 5.66. The van der Waals surface area contributed by atoms with Crippen molar-refractivity contribution in [3.05, 3.63) is 42.0 Å². The lowest BCUT2D eigenvalue weighted by atomic mass is 9.87. The van der Waals surface area contributed by atoms with Gasteiger partial charge >= 0.3 is 0 Å². The van der Waals surface area contributed by atoms with Crippen LogP contribution in [0.15, 0.2) is 41.4 Å². The molecule has 3 heterocycles. The van der Waals surface area contributed by atoms with Crippen LogP contribution in [0.2, 0.25) is 0 Å². The lowest BCUT2D eigenvalue weighted by molar-refractivity contribution is 0.156. The molecule has 1 unspecified atom stereocenters. The van der Waals surface area contributed by atoms with Gasteiger partial charge in [0, 0.05) is 50.4 Å². The molecule has 5 heteroatoms. The van der Waals surface area contributed by atoms with Crippen molar-refractivity contribution in [1.29, 1.82) is 0 Å². The quantitative estimate of drug-likeness (QED) is 0.513. The Morgan fingerprint density at radius 3 is 2.92 bits per heavy atom. The van der Waals surface area contributed by atoms with Crippen molar-refractivity contribution in [2.75, 3.05) is 50.8 Å². The summed E-state index contributed by atoms with van der Waals surface area (Å²) >= 11 is 0. The smallest absolute Gasteiger partial charge is 0.194 e. The van der Waals surface area contributed by atoms with Crippen LogP contribution in [0, 0.1) is 5.41 Å². The fourth-order valence-electron chi connectivity index (χ4n) is 4.22. The molecule has 4 rings (SSSR count). The van der Waals surface area contributed by atoms with Crippen LogP contribution in [0.4, 0.5) is 5.69 Å². The molecule has 0 aliphatic carbocycles. The van der Waals surface area contributed by atoms with Crippen molar-refractivity contribution >= 4 is 11.6 Å². The fourth-order valence-corrected chi connectivity index (χ4v) is 4.22. The number of nitrogens with zero attached hydrogens (tertiary/aromatic N) is 3. The van der Waals surface area contributed by atoms with E-state index in [4.69, 9.17) is 9.73 Å². The highest BCUT2D eigenvalue weighted by atomic mass is 16.5. The highest BCUT2D eigenvalue weighted by molar-refractivity contribution is 5.80. The van der Waals surface area contributed by atoms with Crippen molar-refractivity contribution in [1.82, 2.24) is 10.2 Å². The number of hydrogen-bond acceptors (Lipinski definition) is 3. The second-order valence-electron chi connectivity index (χ2n) is 7.69. The first-order chi connectivity index (χ1) is 12.8. The first-order valence-electron chi connectivity index (χ1n) is 9.88. The summed E-state index contributed by atoms with van der Waals surface area (Å²) in [6.45, 7) is 9.75. The predicted octanol–water partition coefficient (Wildman–Crippen LogP) is 2.64. The van der Waals surface area contributed by atoms with E-state index in [1.807, 2.05) is 0 Å². The molecule has 3 aliphatic heterocycles. The first-order valence-corrected chi connectivity index (χ1v) is 9.88. The molecule has 2 fully saturated rings. The Hall–Kier alpha value is -2.01. The predicted molar refractivity (Wildman–Crippen MR) is 107 cm³/mol. The van der Waals surface area contributed by atoms with Crippen molar-refractivity contribution in [2.24, 2.45) is 10.4 Å². The molecular weight excluding hydrogens is 324 g/mol. The van der Waals surface area contributed by atoms with E-state index in [0.717, 1.165) is 58.4 Å². The summed E-state index contributed by atoms with van der Waals surface area (Å²) in [5, 5.41) is 3.49. The number of ether oxygens (including phenoxy) is 1. The molecule has 1 N–H and O–H groups in total. The van der Waals surface area contributed by atoms with Crippen LogP contribution in [-0.4, -0.2) is 56.8 Å². The highest BCUT2D eigenvalue weighted by Gasteiger charge is 2.42. The summed E-state index contributed by atoms with van der Waals surface area (Å²) < 4.78 is 5.66. The average molecular weight is 354 g/mol. The zero-order valence-corrected chi connectivity index (χ0v) is 15.8. The van der Waals surface area contributed by atoms with E-state index in [1.54, 1.807) is 0 Å². The molecular formula is C21H30N4O. The number of anilines is 1. The molecule has 26 heavy (non-hydrogen) atoms. The summed E-state index contributed by atoms with van der Waals surface area (Å²) in [5.41, 5.74) is 2.91. The average Bonchev–Trinajstić information content (AvgIpc) is 3.43. The minimum atomic E-state index is 0.360. The minimum absolute atomic E-state index is 0.360. The van der Waals surface area contributed by atoms with Gasteiger partial charge in [0.05, 0.1) is 13.2 Å². The third-order valence-electron chi connectivity index (χ3n) is 5.76. The largest absolute Gasteiger partial charge is 0.381 e. The third-order valence-corrected chi connectivity index (χ3v) is 5.76. The molecule has 1 spiro atoms. The summed E-state index contributed by atoms with van der Waals surface area (Å²) in [6, 6.07) is 8.79. The van der Waals surface area contributed by atoms with Crippen molar-refractivity contribution in [3.8, 4) is 0 Å². The number of aliphatic imine (C=N–C) groups is 1. The van der Waals surface area contributed by atoms with E-state index >= 15 is 0 Å². The molecule has 0 radical (unpaired) electrons. The Kier molecular flexibility index (Phi) is 5.16. The van der Waals surface area contributed by atoms with Crippen LogP contribution >= 0.6 is 0 Å². The second kappa shape index (κ2) is 7.70. The number of rotatable bonds is 4. The van der Waals surface area contributed by atoms with E-state index in [0.29, 0.717) is 5.41 Å². The highest BCUT2D eigenvalue weighted by Crippen LogP contribution is 2.38. The molecule has 2 saturated heterocycles. The van der Waals surface area contributed by atoms with Crippen LogP contribution in [0.5, 0.6) is 0 Å². The van der Waals surface area contributed by atoms with Crippen molar-refractivity contribution < 1.29 is 4.74 Å². The Morgan fingerprint density at radius 1 is 1.27 bits per heavy atom. The summed E-state index contributed by atoms with van der Waals surface area (Å²) in [5.74, 6) is 1.05. The van der Waals surface area contributed by atoms with Gasteiger partial charge in [0.25, 0.3) is 0 Å². The first kappa shape index (κ1) is 17.4. The zero-order chi connectivity index (χ0) is 17.8. The molecule has 1 aromatic rings. The molecule has 3 aliphatic rings. The lowest BCUT2D eigenvalue weighted by Gasteiger charge is -2.25. The van der Waals surface area contributed by atoms with Gasteiger partial charge in [-0.3, -0.25) is 0 Å². The van der Waals surface area contributed by atoms with E-state index in [-0.39, 0.29) is 0 Å². The lowest BCUT2D eigenvalue weighted by Crippen LogP contribution is -2.41. The zero-order valence-electron chi connectivity index (χ0n) is 15.8. The van der Waals surface area contributed by atoms with Crippen LogP contribution < -0.4 is 10.2 Å². The van der Waals surface area contributed by atoms with Gasteiger partial charge in [0.1, 0.15) is 0 Å². The Bertz CT molecular complexity index is 670. The monoisotopic (exact) mass is 354 g/mol. The number of likely N-dealkylation sites (tertiary alicyclic amines) is 1. The van der Waals surface area contributed by atoms with Gasteiger partial charge in [0.2, 0.25) is 0 Å². The molecule has 0 aromatic heterocycles. The summed E-state index contributed by atoms with van der Waals surface area (Å²) in [6.07, 6.45) is 6.86. The van der Waals surface area contributed by atoms with Gasteiger partial charge in [-0.05, 0) is 37.5 Å².